The van der Waals surface area contributed by atoms with Gasteiger partial charge in [0.25, 0.3) is 0 Å². The van der Waals surface area contributed by atoms with Gasteiger partial charge in [0.05, 0.1) is 6.54 Å². The number of nitrogens with one attached hydrogen (secondary N) is 1. The Morgan fingerprint density at radius 2 is 1.69 bits per heavy atom. The molecule has 154 valence electrons. The number of amides is 1. The van der Waals surface area contributed by atoms with Crippen molar-refractivity contribution in [3.8, 4) is 0 Å². The Morgan fingerprint density at radius 1 is 1.07 bits per heavy atom. The van der Waals surface area contributed by atoms with Gasteiger partial charge in [-0.05, 0) is 42.0 Å². The van der Waals surface area contributed by atoms with Crippen molar-refractivity contribution in [3.05, 3.63) is 59.9 Å². The van der Waals surface area contributed by atoms with Crippen molar-refractivity contribution in [1.29, 1.82) is 0 Å². The number of carbonyl (C=O) groups is 1. The molecule has 0 saturated carbocycles. The largest absolute Gasteiger partial charge is 0.370 e. The Hall–Kier alpha value is -3.09. The molecule has 0 unspecified atom stereocenters. The van der Waals surface area contributed by atoms with E-state index in [1.54, 1.807) is 12.1 Å². The number of rotatable bonds is 5. The molecular weight excluding hydrogens is 369 g/mol. The number of halogens is 1. The van der Waals surface area contributed by atoms with E-state index in [0.29, 0.717) is 12.5 Å². The molecule has 1 saturated heterocycles. The highest BCUT2D eigenvalue weighted by molar-refractivity contribution is 5.92. The number of guanidine groups is 1. The van der Waals surface area contributed by atoms with Gasteiger partial charge in [-0.1, -0.05) is 26.0 Å². The quantitative estimate of drug-likeness (QED) is 0.601. The molecule has 0 aromatic heterocycles. The molecule has 2 aromatic rings. The SMILES string of the molecule is CC(C)C(=O)Nc1ccc(CN=C(N)N2CCN(c3ccc(F)cc3)CC2)cc1. The van der Waals surface area contributed by atoms with Crippen molar-refractivity contribution in [2.75, 3.05) is 36.4 Å². The summed E-state index contributed by atoms with van der Waals surface area (Å²) in [4.78, 5) is 20.5. The molecule has 1 heterocycles. The average molecular weight is 397 g/mol. The molecule has 0 aliphatic carbocycles. The summed E-state index contributed by atoms with van der Waals surface area (Å²) < 4.78 is 13.1. The predicted octanol–water partition coefficient (Wildman–Crippen LogP) is 3.06. The smallest absolute Gasteiger partial charge is 0.226 e. The number of hydrogen-bond acceptors (Lipinski definition) is 3. The second-order valence-electron chi connectivity index (χ2n) is 7.47. The number of nitrogens with two attached hydrogens (primary N) is 1. The van der Waals surface area contributed by atoms with E-state index in [1.165, 1.54) is 12.1 Å². The van der Waals surface area contributed by atoms with Crippen LogP contribution in [0.4, 0.5) is 15.8 Å². The van der Waals surface area contributed by atoms with Gasteiger partial charge in [0.2, 0.25) is 5.91 Å². The lowest BCUT2D eigenvalue weighted by Gasteiger charge is -2.36. The van der Waals surface area contributed by atoms with Crippen LogP contribution in [0.15, 0.2) is 53.5 Å². The van der Waals surface area contributed by atoms with Crippen molar-refractivity contribution in [2.24, 2.45) is 16.6 Å². The molecule has 0 radical (unpaired) electrons. The number of aliphatic imine (C=N–C) groups is 1. The lowest BCUT2D eigenvalue weighted by Crippen LogP contribution is -2.51. The maximum Gasteiger partial charge on any atom is 0.226 e. The third-order valence-electron chi connectivity index (χ3n) is 4.96. The van der Waals surface area contributed by atoms with Gasteiger partial charge < -0.3 is 20.9 Å². The first-order valence-electron chi connectivity index (χ1n) is 9.87. The van der Waals surface area contributed by atoms with E-state index in [-0.39, 0.29) is 17.6 Å². The second-order valence-corrected chi connectivity index (χ2v) is 7.47. The molecule has 1 amide bonds. The summed E-state index contributed by atoms with van der Waals surface area (Å²) in [6.07, 6.45) is 0. The molecule has 0 spiro atoms. The first-order chi connectivity index (χ1) is 13.9. The van der Waals surface area contributed by atoms with Crippen molar-refractivity contribution in [1.82, 2.24) is 4.90 Å². The molecule has 3 N–H and O–H groups in total. The minimum Gasteiger partial charge on any atom is -0.370 e. The normalized spacial score (nSPS) is 15.0. The van der Waals surface area contributed by atoms with Crippen LogP contribution in [0.1, 0.15) is 19.4 Å². The van der Waals surface area contributed by atoms with Crippen LogP contribution in [0.25, 0.3) is 0 Å². The van der Waals surface area contributed by atoms with Crippen molar-refractivity contribution in [3.63, 3.8) is 0 Å². The van der Waals surface area contributed by atoms with Gasteiger partial charge in [-0.25, -0.2) is 9.38 Å². The molecule has 0 atom stereocenters. The number of benzene rings is 2. The number of nitrogens with zero attached hydrogens (tertiary/aromatic N) is 3. The van der Waals surface area contributed by atoms with Crippen LogP contribution in [0, 0.1) is 11.7 Å². The van der Waals surface area contributed by atoms with Gasteiger partial charge in [0.15, 0.2) is 5.96 Å². The molecule has 2 aromatic carbocycles. The lowest BCUT2D eigenvalue weighted by atomic mass is 10.1. The third-order valence-corrected chi connectivity index (χ3v) is 4.96. The van der Waals surface area contributed by atoms with E-state index in [9.17, 15) is 9.18 Å². The molecule has 7 heteroatoms. The van der Waals surface area contributed by atoms with Crippen LogP contribution < -0.4 is 16.0 Å². The van der Waals surface area contributed by atoms with Crippen LogP contribution in [-0.2, 0) is 11.3 Å². The fourth-order valence-electron chi connectivity index (χ4n) is 3.10. The van der Waals surface area contributed by atoms with Gasteiger partial charge in [-0.2, -0.15) is 0 Å². The molecule has 1 fully saturated rings. The first kappa shape index (κ1) is 20.6. The maximum atomic E-state index is 13.1. The van der Waals surface area contributed by atoms with Gasteiger partial charge in [0.1, 0.15) is 5.82 Å². The minimum atomic E-state index is -0.223. The molecule has 6 nitrogen and oxygen atoms in total. The zero-order valence-corrected chi connectivity index (χ0v) is 16.9. The van der Waals surface area contributed by atoms with E-state index in [4.69, 9.17) is 5.73 Å². The number of anilines is 2. The monoisotopic (exact) mass is 397 g/mol. The Bertz CT molecular complexity index is 841. The Labute approximate surface area is 171 Å². The zero-order valence-electron chi connectivity index (χ0n) is 16.9. The summed E-state index contributed by atoms with van der Waals surface area (Å²) in [5, 5.41) is 2.87. The summed E-state index contributed by atoms with van der Waals surface area (Å²) >= 11 is 0. The second kappa shape index (κ2) is 9.41. The molecule has 29 heavy (non-hydrogen) atoms. The number of piperazine rings is 1. The summed E-state index contributed by atoms with van der Waals surface area (Å²) in [7, 11) is 0. The lowest BCUT2D eigenvalue weighted by molar-refractivity contribution is -0.118. The van der Waals surface area contributed by atoms with E-state index < -0.39 is 0 Å². The highest BCUT2D eigenvalue weighted by Crippen LogP contribution is 2.17. The van der Waals surface area contributed by atoms with E-state index in [1.807, 2.05) is 38.1 Å². The zero-order chi connectivity index (χ0) is 20.8. The Kier molecular flexibility index (Phi) is 6.69. The molecule has 3 rings (SSSR count). The van der Waals surface area contributed by atoms with Gasteiger partial charge in [0, 0.05) is 43.5 Å². The number of hydrogen-bond donors (Lipinski definition) is 2. The highest BCUT2D eigenvalue weighted by Gasteiger charge is 2.18. The average Bonchev–Trinajstić information content (AvgIpc) is 2.73. The highest BCUT2D eigenvalue weighted by atomic mass is 19.1. The minimum absolute atomic E-state index is 0.000190. The fourth-order valence-corrected chi connectivity index (χ4v) is 3.10. The molecule has 1 aliphatic rings. The molecule has 0 bridgehead atoms. The topological polar surface area (TPSA) is 74.0 Å². The Balaban J connectivity index is 1.50. The van der Waals surface area contributed by atoms with Gasteiger partial charge >= 0.3 is 0 Å². The summed E-state index contributed by atoms with van der Waals surface area (Å²) in [5.74, 6) is 0.252. The van der Waals surface area contributed by atoms with Crippen LogP contribution in [-0.4, -0.2) is 42.9 Å². The van der Waals surface area contributed by atoms with Crippen LogP contribution >= 0.6 is 0 Å². The summed E-state index contributed by atoms with van der Waals surface area (Å²) in [6.45, 7) is 7.38. The fraction of sp³-hybridized carbons (Fsp3) is 0.364. The van der Waals surface area contributed by atoms with Crippen LogP contribution in [0.2, 0.25) is 0 Å². The van der Waals surface area contributed by atoms with Crippen molar-refractivity contribution >= 4 is 23.2 Å². The van der Waals surface area contributed by atoms with Gasteiger partial charge in [-0.15, -0.1) is 0 Å². The first-order valence-corrected chi connectivity index (χ1v) is 9.87. The van der Waals surface area contributed by atoms with E-state index in [0.717, 1.165) is 43.1 Å². The Morgan fingerprint density at radius 3 is 2.28 bits per heavy atom. The summed E-state index contributed by atoms with van der Waals surface area (Å²) in [5.41, 5.74) is 9.01. The summed E-state index contributed by atoms with van der Waals surface area (Å²) in [6, 6.07) is 14.2. The van der Waals surface area contributed by atoms with Crippen molar-refractivity contribution in [2.45, 2.75) is 20.4 Å². The predicted molar refractivity (Wildman–Crippen MR) is 115 cm³/mol. The van der Waals surface area contributed by atoms with Gasteiger partial charge in [-0.3, -0.25) is 4.79 Å². The standard InChI is InChI=1S/C22H28FN5O/c1-16(2)21(29)26-19-7-3-17(4-8-19)15-25-22(24)28-13-11-27(12-14-28)20-9-5-18(23)6-10-20/h3-10,16H,11-15H2,1-2H3,(H2,24,25)(H,26,29). The van der Waals surface area contributed by atoms with Crippen molar-refractivity contribution < 1.29 is 9.18 Å². The van der Waals surface area contributed by atoms with Crippen LogP contribution in [0.3, 0.4) is 0 Å². The molecular formula is C22H28FN5O. The molecule has 1 aliphatic heterocycles. The van der Waals surface area contributed by atoms with E-state index in [2.05, 4.69) is 20.1 Å². The third kappa shape index (κ3) is 5.70. The van der Waals surface area contributed by atoms with E-state index >= 15 is 0 Å². The maximum absolute atomic E-state index is 13.1. The van der Waals surface area contributed by atoms with Crippen LogP contribution in [0.5, 0.6) is 0 Å². The number of carbonyl (C=O) groups excluding carboxylic acids is 1.